The van der Waals surface area contributed by atoms with Crippen LogP contribution in [0, 0.1) is 0 Å². The number of nitrogens with one attached hydrogen (secondary N) is 1. The van der Waals surface area contributed by atoms with Gasteiger partial charge in [0.1, 0.15) is 0 Å². The molecule has 0 atom stereocenters. The van der Waals surface area contributed by atoms with Crippen molar-refractivity contribution < 1.29 is 5.11 Å². The van der Waals surface area contributed by atoms with Gasteiger partial charge in [-0.2, -0.15) is 11.3 Å². The zero-order valence-corrected chi connectivity index (χ0v) is 9.83. The van der Waals surface area contributed by atoms with Crippen LogP contribution >= 0.6 is 11.3 Å². The highest BCUT2D eigenvalue weighted by atomic mass is 32.1. The lowest BCUT2D eigenvalue weighted by molar-refractivity contribution is 0.282. The third-order valence-electron chi connectivity index (χ3n) is 2.44. The minimum atomic E-state index is 0.114. The summed E-state index contributed by atoms with van der Waals surface area (Å²) in [7, 11) is 0. The van der Waals surface area contributed by atoms with Crippen LogP contribution < -0.4 is 5.32 Å². The molecule has 0 aliphatic rings. The van der Waals surface area contributed by atoms with Crippen LogP contribution in [0.15, 0.2) is 41.1 Å². The maximum absolute atomic E-state index is 8.92. The summed E-state index contributed by atoms with van der Waals surface area (Å²) < 4.78 is 0. The topological polar surface area (TPSA) is 32.3 Å². The second kappa shape index (κ2) is 5.80. The predicted molar refractivity (Wildman–Crippen MR) is 67.2 cm³/mol. The first-order chi connectivity index (χ1) is 7.88. The summed E-state index contributed by atoms with van der Waals surface area (Å²) >= 11 is 1.72. The average molecular weight is 233 g/mol. The third-order valence-corrected chi connectivity index (χ3v) is 3.18. The average Bonchev–Trinajstić information content (AvgIpc) is 2.83. The van der Waals surface area contributed by atoms with Gasteiger partial charge in [-0.3, -0.25) is 0 Å². The normalized spacial score (nSPS) is 10.6. The number of aliphatic hydroxyl groups is 1. The number of hydrogen-bond acceptors (Lipinski definition) is 3. The van der Waals surface area contributed by atoms with Crippen LogP contribution in [0.1, 0.15) is 16.7 Å². The van der Waals surface area contributed by atoms with Crippen LogP contribution in [0.3, 0.4) is 0 Å². The number of hydrogen-bond donors (Lipinski definition) is 2. The first-order valence-corrected chi connectivity index (χ1v) is 6.23. The maximum Gasteiger partial charge on any atom is 0.0681 e. The Morgan fingerprint density at radius 2 is 1.62 bits per heavy atom. The fraction of sp³-hybridized carbons (Fsp3) is 0.231. The molecule has 2 aromatic rings. The van der Waals surface area contributed by atoms with E-state index in [4.69, 9.17) is 5.11 Å². The first-order valence-electron chi connectivity index (χ1n) is 5.29. The second-order valence-corrected chi connectivity index (χ2v) is 4.49. The fourth-order valence-electron chi connectivity index (χ4n) is 1.51. The summed E-state index contributed by atoms with van der Waals surface area (Å²) in [6.07, 6.45) is 0. The molecular weight excluding hydrogens is 218 g/mol. The van der Waals surface area contributed by atoms with E-state index in [1.807, 2.05) is 24.3 Å². The van der Waals surface area contributed by atoms with Gasteiger partial charge in [0, 0.05) is 13.1 Å². The molecule has 2 nitrogen and oxygen atoms in total. The van der Waals surface area contributed by atoms with Gasteiger partial charge >= 0.3 is 0 Å². The van der Waals surface area contributed by atoms with E-state index in [2.05, 4.69) is 22.1 Å². The van der Waals surface area contributed by atoms with Crippen LogP contribution in [-0.4, -0.2) is 5.11 Å². The largest absolute Gasteiger partial charge is 0.392 e. The van der Waals surface area contributed by atoms with Crippen molar-refractivity contribution in [3.8, 4) is 0 Å². The summed E-state index contributed by atoms with van der Waals surface area (Å²) in [6, 6.07) is 10.1. The molecule has 0 bridgehead atoms. The van der Waals surface area contributed by atoms with Gasteiger partial charge in [0.25, 0.3) is 0 Å². The Kier molecular flexibility index (Phi) is 4.10. The molecule has 1 heterocycles. The molecule has 84 valence electrons. The Labute approximate surface area is 99.6 Å². The van der Waals surface area contributed by atoms with Gasteiger partial charge in [-0.15, -0.1) is 0 Å². The predicted octanol–water partition coefficient (Wildman–Crippen LogP) is 2.53. The number of rotatable bonds is 5. The summed E-state index contributed by atoms with van der Waals surface area (Å²) in [5.74, 6) is 0. The van der Waals surface area contributed by atoms with Gasteiger partial charge in [0.05, 0.1) is 6.61 Å². The van der Waals surface area contributed by atoms with Gasteiger partial charge in [-0.25, -0.2) is 0 Å². The molecule has 0 spiro atoms. The zero-order chi connectivity index (χ0) is 11.2. The van der Waals surface area contributed by atoms with E-state index in [0.717, 1.165) is 18.7 Å². The molecule has 0 amide bonds. The quantitative estimate of drug-likeness (QED) is 0.831. The number of benzene rings is 1. The van der Waals surface area contributed by atoms with E-state index in [9.17, 15) is 0 Å². The molecule has 0 saturated carbocycles. The lowest BCUT2D eigenvalue weighted by Crippen LogP contribution is -2.11. The van der Waals surface area contributed by atoms with E-state index in [0.29, 0.717) is 0 Å². The van der Waals surface area contributed by atoms with E-state index in [1.54, 1.807) is 11.3 Å². The molecule has 0 saturated heterocycles. The molecule has 3 heteroatoms. The van der Waals surface area contributed by atoms with E-state index >= 15 is 0 Å². The van der Waals surface area contributed by atoms with Crippen LogP contribution in [0.2, 0.25) is 0 Å². The monoisotopic (exact) mass is 233 g/mol. The molecule has 1 aromatic heterocycles. The maximum atomic E-state index is 8.92. The summed E-state index contributed by atoms with van der Waals surface area (Å²) in [4.78, 5) is 0. The molecule has 0 aliphatic heterocycles. The fourth-order valence-corrected chi connectivity index (χ4v) is 2.18. The van der Waals surface area contributed by atoms with Crippen LogP contribution in [0.5, 0.6) is 0 Å². The van der Waals surface area contributed by atoms with Gasteiger partial charge in [-0.05, 0) is 33.5 Å². The summed E-state index contributed by atoms with van der Waals surface area (Å²) in [5, 5.41) is 16.5. The molecule has 1 aromatic carbocycles. The second-order valence-electron chi connectivity index (χ2n) is 3.71. The van der Waals surface area contributed by atoms with Crippen LogP contribution in [0.4, 0.5) is 0 Å². The molecule has 0 radical (unpaired) electrons. The van der Waals surface area contributed by atoms with Gasteiger partial charge in [-0.1, -0.05) is 24.3 Å². The Hall–Kier alpha value is -1.16. The highest BCUT2D eigenvalue weighted by Crippen LogP contribution is 2.07. The first kappa shape index (κ1) is 11.3. The van der Waals surface area contributed by atoms with Crippen molar-refractivity contribution in [3.05, 3.63) is 57.8 Å². The van der Waals surface area contributed by atoms with Crippen molar-refractivity contribution in [1.82, 2.24) is 5.32 Å². The molecule has 0 unspecified atom stereocenters. The lowest BCUT2D eigenvalue weighted by Gasteiger charge is -2.04. The van der Waals surface area contributed by atoms with Crippen molar-refractivity contribution in [2.75, 3.05) is 0 Å². The highest BCUT2D eigenvalue weighted by molar-refractivity contribution is 7.07. The van der Waals surface area contributed by atoms with Crippen molar-refractivity contribution in [2.45, 2.75) is 19.7 Å². The van der Waals surface area contributed by atoms with Gasteiger partial charge < -0.3 is 10.4 Å². The van der Waals surface area contributed by atoms with E-state index < -0.39 is 0 Å². The van der Waals surface area contributed by atoms with Crippen molar-refractivity contribution in [3.63, 3.8) is 0 Å². The standard InChI is InChI=1S/C13H15NOS/c15-9-12-3-1-11(2-4-12)7-14-8-13-5-6-16-10-13/h1-6,10,14-15H,7-9H2. The smallest absolute Gasteiger partial charge is 0.0681 e. The molecule has 0 aliphatic carbocycles. The molecule has 2 rings (SSSR count). The van der Waals surface area contributed by atoms with E-state index in [1.165, 1.54) is 11.1 Å². The summed E-state index contributed by atoms with van der Waals surface area (Å²) in [5.41, 5.74) is 3.53. The minimum absolute atomic E-state index is 0.114. The molecular formula is C13H15NOS. The van der Waals surface area contributed by atoms with Gasteiger partial charge in [0.15, 0.2) is 0 Å². The Morgan fingerprint density at radius 1 is 0.938 bits per heavy atom. The van der Waals surface area contributed by atoms with E-state index in [-0.39, 0.29) is 6.61 Å². The molecule has 2 N–H and O–H groups in total. The number of thiophene rings is 1. The lowest BCUT2D eigenvalue weighted by atomic mass is 10.1. The summed E-state index contributed by atoms with van der Waals surface area (Å²) in [6.45, 7) is 1.88. The van der Waals surface area contributed by atoms with Crippen molar-refractivity contribution in [2.24, 2.45) is 0 Å². The van der Waals surface area contributed by atoms with Gasteiger partial charge in [0.2, 0.25) is 0 Å². The third kappa shape index (κ3) is 3.17. The Bertz CT molecular complexity index is 408. The minimum Gasteiger partial charge on any atom is -0.392 e. The van der Waals surface area contributed by atoms with Crippen LogP contribution in [0.25, 0.3) is 0 Å². The van der Waals surface area contributed by atoms with Crippen molar-refractivity contribution in [1.29, 1.82) is 0 Å². The molecule has 16 heavy (non-hydrogen) atoms. The van der Waals surface area contributed by atoms with Crippen molar-refractivity contribution >= 4 is 11.3 Å². The highest BCUT2D eigenvalue weighted by Gasteiger charge is 1.95. The number of aliphatic hydroxyl groups excluding tert-OH is 1. The van der Waals surface area contributed by atoms with Crippen LogP contribution in [-0.2, 0) is 19.7 Å². The Morgan fingerprint density at radius 3 is 2.25 bits per heavy atom. The SMILES string of the molecule is OCc1ccc(CNCc2ccsc2)cc1. The molecule has 0 fully saturated rings. The Balaban J connectivity index is 1.81. The zero-order valence-electron chi connectivity index (χ0n) is 9.02.